The third-order valence-corrected chi connectivity index (χ3v) is 4.02. The largest absolute Gasteiger partial charge is 0.371 e. The Morgan fingerprint density at radius 2 is 2.05 bits per heavy atom. The van der Waals surface area contributed by atoms with Crippen molar-refractivity contribution >= 4 is 16.6 Å². The minimum atomic E-state index is 0.490. The van der Waals surface area contributed by atoms with E-state index in [0.29, 0.717) is 11.6 Å². The molecule has 2 heterocycles. The van der Waals surface area contributed by atoms with Crippen LogP contribution in [0.3, 0.4) is 0 Å². The highest BCUT2D eigenvalue weighted by molar-refractivity contribution is 5.92. The Hall–Kier alpha value is -2.34. The summed E-state index contributed by atoms with van der Waals surface area (Å²) < 4.78 is 0. The zero-order chi connectivity index (χ0) is 13.9. The maximum absolute atomic E-state index is 9.16. The molecule has 0 amide bonds. The molecule has 0 bridgehead atoms. The average Bonchev–Trinajstić information content (AvgIpc) is 2.54. The molecule has 0 saturated carbocycles. The van der Waals surface area contributed by atoms with Gasteiger partial charge in [0.2, 0.25) is 0 Å². The lowest BCUT2D eigenvalue weighted by Gasteiger charge is -2.33. The van der Waals surface area contributed by atoms with E-state index in [4.69, 9.17) is 5.26 Å². The summed E-state index contributed by atoms with van der Waals surface area (Å²) in [5, 5.41) is 10.3. The van der Waals surface area contributed by atoms with E-state index in [1.807, 2.05) is 24.3 Å². The van der Waals surface area contributed by atoms with Crippen molar-refractivity contribution in [3.05, 3.63) is 48.7 Å². The summed E-state index contributed by atoms with van der Waals surface area (Å²) >= 11 is 0. The van der Waals surface area contributed by atoms with Crippen molar-refractivity contribution in [2.45, 2.75) is 12.8 Å². The van der Waals surface area contributed by atoms with Gasteiger partial charge in [-0.25, -0.2) is 4.98 Å². The number of pyridine rings is 1. The van der Waals surface area contributed by atoms with Crippen molar-refractivity contribution in [1.29, 1.82) is 5.26 Å². The molecule has 3 rings (SSSR count). The van der Waals surface area contributed by atoms with Gasteiger partial charge in [-0.3, -0.25) is 0 Å². The molecule has 20 heavy (non-hydrogen) atoms. The second kappa shape index (κ2) is 5.34. The van der Waals surface area contributed by atoms with Crippen LogP contribution in [-0.4, -0.2) is 18.1 Å². The number of nitrogens with zero attached hydrogens (tertiary/aromatic N) is 3. The van der Waals surface area contributed by atoms with Crippen LogP contribution in [0, 0.1) is 17.2 Å². The van der Waals surface area contributed by atoms with Gasteiger partial charge in [-0.2, -0.15) is 5.26 Å². The van der Waals surface area contributed by atoms with Gasteiger partial charge in [0.15, 0.2) is 0 Å². The third kappa shape index (κ3) is 2.25. The maximum atomic E-state index is 9.16. The highest BCUT2D eigenvalue weighted by atomic mass is 15.1. The minimum absolute atomic E-state index is 0.490. The molecule has 100 valence electrons. The van der Waals surface area contributed by atoms with Crippen molar-refractivity contribution in [3.63, 3.8) is 0 Å². The quantitative estimate of drug-likeness (QED) is 0.778. The highest BCUT2D eigenvalue weighted by Gasteiger charge is 2.19. The Bertz CT molecular complexity index is 676. The summed E-state index contributed by atoms with van der Waals surface area (Å²) in [5.41, 5.74) is 2.52. The van der Waals surface area contributed by atoms with Crippen molar-refractivity contribution in [1.82, 2.24) is 4.98 Å². The van der Waals surface area contributed by atoms with Crippen molar-refractivity contribution in [3.8, 4) is 6.07 Å². The Balaban J connectivity index is 2.02. The fourth-order valence-electron chi connectivity index (χ4n) is 2.85. The van der Waals surface area contributed by atoms with Crippen LogP contribution in [0.5, 0.6) is 0 Å². The summed E-state index contributed by atoms with van der Waals surface area (Å²) in [5.74, 6) is 0.620. The number of rotatable bonds is 2. The van der Waals surface area contributed by atoms with E-state index in [2.05, 4.69) is 34.7 Å². The second-order valence-corrected chi connectivity index (χ2v) is 5.22. The van der Waals surface area contributed by atoms with Gasteiger partial charge >= 0.3 is 0 Å². The normalized spacial score (nSPS) is 16.1. The van der Waals surface area contributed by atoms with E-state index >= 15 is 0 Å². The van der Waals surface area contributed by atoms with Crippen molar-refractivity contribution in [2.75, 3.05) is 18.0 Å². The molecule has 0 aliphatic carbocycles. The first kappa shape index (κ1) is 12.7. The number of para-hydroxylation sites is 1. The first-order valence-corrected chi connectivity index (χ1v) is 6.99. The van der Waals surface area contributed by atoms with Crippen LogP contribution in [0.1, 0.15) is 18.5 Å². The summed E-state index contributed by atoms with van der Waals surface area (Å²) in [6, 6.07) is 12.1. The second-order valence-electron chi connectivity index (χ2n) is 5.22. The lowest BCUT2D eigenvalue weighted by atomic mass is 9.96. The van der Waals surface area contributed by atoms with E-state index in [1.54, 1.807) is 0 Å². The first-order chi connectivity index (χ1) is 9.81. The molecule has 3 nitrogen and oxygen atoms in total. The number of hydrogen-bond donors (Lipinski definition) is 0. The Labute approximate surface area is 119 Å². The monoisotopic (exact) mass is 263 g/mol. The zero-order valence-electron chi connectivity index (χ0n) is 11.4. The van der Waals surface area contributed by atoms with Crippen molar-refractivity contribution in [2.24, 2.45) is 5.92 Å². The molecule has 0 unspecified atom stereocenters. The standard InChI is InChI=1S/C17H17N3/c1-2-13-7-9-20(10-8-13)17-11-14(12-18)19-16-6-4-3-5-15(16)17/h2-6,11,13H,1,7-10H2. The Morgan fingerprint density at radius 1 is 1.30 bits per heavy atom. The van der Waals surface area contributed by atoms with Crippen LogP contribution in [0.2, 0.25) is 0 Å². The Morgan fingerprint density at radius 3 is 2.75 bits per heavy atom. The summed E-state index contributed by atoms with van der Waals surface area (Å²) in [7, 11) is 0. The van der Waals surface area contributed by atoms with Crippen molar-refractivity contribution < 1.29 is 0 Å². The fraction of sp³-hybridized carbons (Fsp3) is 0.294. The number of aromatic nitrogens is 1. The predicted molar refractivity (Wildman–Crippen MR) is 81.6 cm³/mol. The molecule has 1 aliphatic rings. The lowest BCUT2D eigenvalue weighted by Crippen LogP contribution is -2.33. The van der Waals surface area contributed by atoms with Crippen LogP contribution >= 0.6 is 0 Å². The lowest BCUT2D eigenvalue weighted by molar-refractivity contribution is 0.480. The number of benzene rings is 1. The maximum Gasteiger partial charge on any atom is 0.143 e. The number of nitriles is 1. The zero-order valence-corrected chi connectivity index (χ0v) is 11.4. The van der Waals surface area contributed by atoms with Crippen LogP contribution in [0.4, 0.5) is 5.69 Å². The number of fused-ring (bicyclic) bond motifs is 1. The molecule has 0 spiro atoms. The van der Waals surface area contributed by atoms with Crippen LogP contribution in [0.15, 0.2) is 43.0 Å². The molecular weight excluding hydrogens is 246 g/mol. The summed E-state index contributed by atoms with van der Waals surface area (Å²) in [4.78, 5) is 6.74. The smallest absolute Gasteiger partial charge is 0.143 e. The number of hydrogen-bond acceptors (Lipinski definition) is 3. The fourth-order valence-corrected chi connectivity index (χ4v) is 2.85. The topological polar surface area (TPSA) is 39.9 Å². The molecule has 1 aromatic carbocycles. The molecule has 0 radical (unpaired) electrons. The van der Waals surface area contributed by atoms with Gasteiger partial charge in [-0.15, -0.1) is 6.58 Å². The molecule has 1 saturated heterocycles. The van der Waals surface area contributed by atoms with Crippen LogP contribution in [-0.2, 0) is 0 Å². The van der Waals surface area contributed by atoms with Crippen LogP contribution < -0.4 is 4.90 Å². The van der Waals surface area contributed by atoms with Gasteiger partial charge in [-0.1, -0.05) is 24.3 Å². The number of anilines is 1. The van der Waals surface area contributed by atoms with E-state index < -0.39 is 0 Å². The number of piperidine rings is 1. The van der Waals surface area contributed by atoms with Crippen LogP contribution in [0.25, 0.3) is 10.9 Å². The van der Waals surface area contributed by atoms with E-state index in [-0.39, 0.29) is 0 Å². The van der Waals surface area contributed by atoms with E-state index in [1.165, 1.54) is 0 Å². The van der Waals surface area contributed by atoms with Gasteiger partial charge in [-0.05, 0) is 30.9 Å². The van der Waals surface area contributed by atoms with E-state index in [9.17, 15) is 0 Å². The molecule has 1 fully saturated rings. The predicted octanol–water partition coefficient (Wildman–Crippen LogP) is 3.51. The van der Waals surface area contributed by atoms with Gasteiger partial charge < -0.3 is 4.90 Å². The SMILES string of the molecule is C=CC1CCN(c2cc(C#N)nc3ccccc23)CC1. The minimum Gasteiger partial charge on any atom is -0.371 e. The Kier molecular flexibility index (Phi) is 3.39. The van der Waals surface area contributed by atoms with Gasteiger partial charge in [0.05, 0.1) is 5.52 Å². The molecule has 1 aliphatic heterocycles. The summed E-state index contributed by atoms with van der Waals surface area (Å²) in [6.07, 6.45) is 4.31. The van der Waals surface area contributed by atoms with Gasteiger partial charge in [0.1, 0.15) is 11.8 Å². The van der Waals surface area contributed by atoms with Gasteiger partial charge in [0, 0.05) is 24.2 Å². The molecule has 3 heteroatoms. The molecule has 0 atom stereocenters. The average molecular weight is 263 g/mol. The molecule has 2 aromatic rings. The molecule has 0 N–H and O–H groups in total. The summed E-state index contributed by atoms with van der Waals surface area (Å²) in [6.45, 7) is 5.91. The third-order valence-electron chi connectivity index (χ3n) is 4.02. The highest BCUT2D eigenvalue weighted by Crippen LogP contribution is 2.30. The number of allylic oxidation sites excluding steroid dienone is 1. The first-order valence-electron chi connectivity index (χ1n) is 6.99. The molecular formula is C17H17N3. The van der Waals surface area contributed by atoms with Gasteiger partial charge in [0.25, 0.3) is 0 Å². The van der Waals surface area contributed by atoms with E-state index in [0.717, 1.165) is 42.5 Å². The molecule has 1 aromatic heterocycles.